The van der Waals surface area contributed by atoms with Crippen LogP contribution in [0.3, 0.4) is 0 Å². The maximum Gasteiger partial charge on any atom is 0.325 e. The predicted molar refractivity (Wildman–Crippen MR) is 96.1 cm³/mol. The Morgan fingerprint density at radius 3 is 2.22 bits per heavy atom. The molecular weight excluding hydrogens is 396 g/mol. The summed E-state index contributed by atoms with van der Waals surface area (Å²) in [4.78, 5) is 26.1. The Hall–Kier alpha value is -2.28. The molecule has 0 unspecified atom stereocenters. The van der Waals surface area contributed by atoms with Gasteiger partial charge in [-0.2, -0.15) is 4.31 Å². The maximum absolute atomic E-state index is 12.5. The van der Waals surface area contributed by atoms with Gasteiger partial charge in [-0.15, -0.1) is 0 Å². The summed E-state index contributed by atoms with van der Waals surface area (Å²) < 4.78 is 52.9. The van der Waals surface area contributed by atoms with E-state index in [1.807, 2.05) is 4.98 Å². The van der Waals surface area contributed by atoms with E-state index in [9.17, 15) is 26.4 Å². The average molecular weight is 414 g/mol. The van der Waals surface area contributed by atoms with Crippen molar-refractivity contribution in [3.8, 4) is 0 Å². The van der Waals surface area contributed by atoms with Gasteiger partial charge in [-0.25, -0.2) is 26.4 Å². The van der Waals surface area contributed by atoms with Gasteiger partial charge < -0.3 is 4.98 Å². The number of aromatic nitrogens is 2. The standard InChI is InChI=1S/C15H18N4O6S2/c20-14-13(10-16-15(21)18-14)26(22,23)17-9-11-3-5-12(6-4-11)27(24,25)19-7-1-2-8-19/h3-6,10,17H,1-2,7-9H2,(H2,16,18,20,21). The molecule has 0 radical (unpaired) electrons. The first-order valence-corrected chi connectivity index (χ1v) is 11.0. The van der Waals surface area contributed by atoms with E-state index in [4.69, 9.17) is 0 Å². The van der Waals surface area contributed by atoms with Crippen LogP contribution in [0.2, 0.25) is 0 Å². The van der Waals surface area contributed by atoms with Crippen molar-refractivity contribution in [1.82, 2.24) is 19.0 Å². The van der Waals surface area contributed by atoms with Gasteiger partial charge in [-0.3, -0.25) is 9.78 Å². The summed E-state index contributed by atoms with van der Waals surface area (Å²) in [7, 11) is -7.68. The van der Waals surface area contributed by atoms with E-state index in [1.54, 1.807) is 0 Å². The van der Waals surface area contributed by atoms with Gasteiger partial charge in [0.15, 0.2) is 4.90 Å². The first-order valence-electron chi connectivity index (χ1n) is 8.11. The van der Waals surface area contributed by atoms with Crippen LogP contribution in [-0.2, 0) is 26.6 Å². The molecule has 0 atom stereocenters. The fraction of sp³-hybridized carbons (Fsp3) is 0.333. The Balaban J connectivity index is 1.73. The van der Waals surface area contributed by atoms with E-state index in [2.05, 4.69) is 9.71 Å². The molecule has 0 aliphatic carbocycles. The van der Waals surface area contributed by atoms with E-state index in [0.717, 1.165) is 19.0 Å². The highest BCUT2D eigenvalue weighted by Crippen LogP contribution is 2.21. The van der Waals surface area contributed by atoms with Crippen molar-refractivity contribution < 1.29 is 16.8 Å². The lowest BCUT2D eigenvalue weighted by molar-refractivity contribution is 0.477. The SMILES string of the molecule is O=c1[nH]cc(S(=O)(=O)NCc2ccc(S(=O)(=O)N3CCCC3)cc2)c(=O)[nH]1. The molecule has 10 nitrogen and oxygen atoms in total. The van der Waals surface area contributed by atoms with Crippen LogP contribution in [0.25, 0.3) is 0 Å². The van der Waals surface area contributed by atoms with Crippen LogP contribution < -0.4 is 16.0 Å². The molecule has 0 amide bonds. The molecule has 1 aliphatic rings. The van der Waals surface area contributed by atoms with Gasteiger partial charge in [0.1, 0.15) is 0 Å². The summed E-state index contributed by atoms with van der Waals surface area (Å²) in [5, 5.41) is 0. The summed E-state index contributed by atoms with van der Waals surface area (Å²) in [6.45, 7) is 0.847. The minimum atomic E-state index is -4.15. The molecule has 2 heterocycles. The van der Waals surface area contributed by atoms with E-state index < -0.39 is 36.2 Å². The minimum Gasteiger partial charge on any atom is -0.313 e. The molecule has 3 rings (SSSR count). The molecule has 1 aromatic carbocycles. The third-order valence-electron chi connectivity index (χ3n) is 4.17. The van der Waals surface area contributed by atoms with Crippen molar-refractivity contribution in [2.45, 2.75) is 29.2 Å². The van der Waals surface area contributed by atoms with E-state index in [1.165, 1.54) is 28.6 Å². The predicted octanol–water partition coefficient (Wildman–Crippen LogP) is -0.674. The molecule has 27 heavy (non-hydrogen) atoms. The normalized spacial score (nSPS) is 15.9. The van der Waals surface area contributed by atoms with Gasteiger partial charge in [0, 0.05) is 25.8 Å². The molecule has 1 saturated heterocycles. The fourth-order valence-corrected chi connectivity index (χ4v) is 5.25. The van der Waals surface area contributed by atoms with Gasteiger partial charge in [0.05, 0.1) is 4.90 Å². The zero-order chi connectivity index (χ0) is 19.7. The Labute approximate surface area is 155 Å². The first kappa shape index (κ1) is 19.5. The lowest BCUT2D eigenvalue weighted by atomic mass is 10.2. The average Bonchev–Trinajstić information content (AvgIpc) is 3.15. The molecule has 0 bridgehead atoms. The monoisotopic (exact) mass is 414 g/mol. The number of nitrogens with zero attached hydrogens (tertiary/aromatic N) is 1. The summed E-state index contributed by atoms with van der Waals surface area (Å²) in [5.41, 5.74) is -1.33. The smallest absolute Gasteiger partial charge is 0.313 e. The maximum atomic E-state index is 12.5. The number of benzene rings is 1. The molecular formula is C15H18N4O6S2. The summed E-state index contributed by atoms with van der Waals surface area (Å²) in [6, 6.07) is 5.85. The Bertz CT molecular complexity index is 1140. The Morgan fingerprint density at radius 1 is 1.00 bits per heavy atom. The lowest BCUT2D eigenvalue weighted by Crippen LogP contribution is -2.32. The van der Waals surface area contributed by atoms with Crippen LogP contribution in [0, 0.1) is 0 Å². The number of aromatic amines is 2. The molecule has 1 fully saturated rings. The number of hydrogen-bond donors (Lipinski definition) is 3. The van der Waals surface area contributed by atoms with Crippen LogP contribution in [0.5, 0.6) is 0 Å². The first-order chi connectivity index (χ1) is 12.7. The van der Waals surface area contributed by atoms with Gasteiger partial charge in [0.25, 0.3) is 5.56 Å². The van der Waals surface area contributed by atoms with Crippen molar-refractivity contribution in [1.29, 1.82) is 0 Å². The highest BCUT2D eigenvalue weighted by molar-refractivity contribution is 7.89. The molecule has 0 spiro atoms. The fourth-order valence-electron chi connectivity index (χ4n) is 2.71. The van der Waals surface area contributed by atoms with Crippen LogP contribution >= 0.6 is 0 Å². The molecule has 146 valence electrons. The minimum absolute atomic E-state index is 0.146. The summed E-state index contributed by atoms with van der Waals surface area (Å²) >= 11 is 0. The number of sulfonamides is 2. The number of H-pyrrole nitrogens is 2. The summed E-state index contributed by atoms with van der Waals surface area (Å²) in [6.07, 6.45) is 2.49. The highest BCUT2D eigenvalue weighted by Gasteiger charge is 2.27. The third kappa shape index (κ3) is 4.18. The van der Waals surface area contributed by atoms with Gasteiger partial charge in [-0.1, -0.05) is 12.1 Å². The van der Waals surface area contributed by atoms with E-state index in [0.29, 0.717) is 18.7 Å². The zero-order valence-electron chi connectivity index (χ0n) is 14.1. The molecule has 0 saturated carbocycles. The van der Waals surface area contributed by atoms with Crippen LogP contribution in [0.1, 0.15) is 18.4 Å². The number of rotatable bonds is 6. The van der Waals surface area contributed by atoms with Crippen LogP contribution in [-0.4, -0.2) is 44.2 Å². The molecule has 3 N–H and O–H groups in total. The topological polar surface area (TPSA) is 149 Å². The largest absolute Gasteiger partial charge is 0.325 e. The van der Waals surface area contributed by atoms with Crippen molar-refractivity contribution in [2.75, 3.05) is 13.1 Å². The Morgan fingerprint density at radius 2 is 1.63 bits per heavy atom. The van der Waals surface area contributed by atoms with E-state index >= 15 is 0 Å². The van der Waals surface area contributed by atoms with Gasteiger partial charge >= 0.3 is 5.69 Å². The summed E-state index contributed by atoms with van der Waals surface area (Å²) in [5.74, 6) is 0. The lowest BCUT2D eigenvalue weighted by Gasteiger charge is -2.15. The van der Waals surface area contributed by atoms with Crippen LogP contribution in [0.4, 0.5) is 0 Å². The van der Waals surface area contributed by atoms with Crippen molar-refractivity contribution >= 4 is 20.0 Å². The van der Waals surface area contributed by atoms with E-state index in [-0.39, 0.29) is 11.4 Å². The molecule has 1 aromatic heterocycles. The Kier molecular flexibility index (Phi) is 5.33. The zero-order valence-corrected chi connectivity index (χ0v) is 15.8. The van der Waals surface area contributed by atoms with Gasteiger partial charge in [-0.05, 0) is 30.5 Å². The highest BCUT2D eigenvalue weighted by atomic mass is 32.2. The quantitative estimate of drug-likeness (QED) is 0.570. The molecule has 1 aliphatic heterocycles. The number of hydrogen-bond acceptors (Lipinski definition) is 6. The van der Waals surface area contributed by atoms with Crippen LogP contribution in [0.15, 0.2) is 49.8 Å². The second kappa shape index (κ2) is 7.38. The van der Waals surface area contributed by atoms with Crippen molar-refractivity contribution in [2.24, 2.45) is 0 Å². The van der Waals surface area contributed by atoms with Crippen molar-refractivity contribution in [3.63, 3.8) is 0 Å². The third-order valence-corrected chi connectivity index (χ3v) is 7.49. The van der Waals surface area contributed by atoms with Crippen molar-refractivity contribution in [3.05, 3.63) is 56.9 Å². The molecule has 2 aromatic rings. The second-order valence-electron chi connectivity index (χ2n) is 6.02. The van der Waals surface area contributed by atoms with Gasteiger partial charge in [0.2, 0.25) is 20.0 Å². The number of nitrogens with one attached hydrogen (secondary N) is 3. The second-order valence-corrected chi connectivity index (χ2v) is 9.69. The molecule has 12 heteroatoms.